The number of esters is 1. The number of carbonyl (C=O) groups is 1. The molecule has 0 radical (unpaired) electrons. The predicted octanol–water partition coefficient (Wildman–Crippen LogP) is 0.0806. The minimum atomic E-state index is -1.40. The van der Waals surface area contributed by atoms with Crippen LogP contribution in [-0.2, 0) is 14.2 Å². The maximum Gasteiger partial charge on any atom is 0.338 e. The maximum atomic E-state index is 11.8. The molecule has 20 heavy (non-hydrogen) atoms. The topological polar surface area (TPSA) is 85.2 Å². The third-order valence-corrected chi connectivity index (χ3v) is 3.96. The van der Waals surface area contributed by atoms with Crippen LogP contribution in [0.5, 0.6) is 0 Å². The number of ether oxygens (including phenoxy) is 3. The number of hydrogen-bond acceptors (Lipinski definition) is 6. The van der Waals surface area contributed by atoms with Gasteiger partial charge in [0.15, 0.2) is 6.29 Å². The number of carbonyl (C=O) groups excluding carboxylic acids is 1. The van der Waals surface area contributed by atoms with E-state index in [0.29, 0.717) is 5.56 Å². The number of rotatable bonds is 4. The first-order valence-electron chi connectivity index (χ1n) is 6.36. The van der Waals surface area contributed by atoms with Crippen molar-refractivity contribution in [3.8, 4) is 0 Å². The number of benzene rings is 1. The lowest BCUT2D eigenvalue weighted by atomic mass is 10.1. The van der Waals surface area contributed by atoms with Gasteiger partial charge in [-0.1, -0.05) is 18.2 Å². The summed E-state index contributed by atoms with van der Waals surface area (Å²) in [6.07, 6.45) is -1.52. The van der Waals surface area contributed by atoms with Gasteiger partial charge in [-0.3, -0.25) is 0 Å². The van der Waals surface area contributed by atoms with E-state index in [4.69, 9.17) is 14.2 Å². The van der Waals surface area contributed by atoms with Gasteiger partial charge < -0.3 is 24.4 Å². The minimum Gasteiger partial charge on any atom is -0.459 e. The summed E-state index contributed by atoms with van der Waals surface area (Å²) in [6.45, 7) is -0.133. The highest BCUT2D eigenvalue weighted by Gasteiger charge is 2.80. The van der Waals surface area contributed by atoms with Crippen LogP contribution in [0.25, 0.3) is 0 Å². The molecule has 2 aliphatic rings. The summed E-state index contributed by atoms with van der Waals surface area (Å²) >= 11 is 0. The molecule has 1 saturated heterocycles. The van der Waals surface area contributed by atoms with Gasteiger partial charge in [0.2, 0.25) is 0 Å². The fourth-order valence-electron chi connectivity index (χ4n) is 2.66. The van der Waals surface area contributed by atoms with Gasteiger partial charge in [-0.05, 0) is 12.1 Å². The van der Waals surface area contributed by atoms with E-state index in [1.165, 1.54) is 7.11 Å². The Balaban J connectivity index is 1.62. The van der Waals surface area contributed by atoms with E-state index in [9.17, 15) is 15.0 Å². The van der Waals surface area contributed by atoms with E-state index >= 15 is 0 Å². The number of aliphatic hydroxyl groups is 2. The zero-order chi connectivity index (χ0) is 14.4. The van der Waals surface area contributed by atoms with Crippen molar-refractivity contribution in [3.63, 3.8) is 0 Å². The van der Waals surface area contributed by atoms with E-state index in [1.54, 1.807) is 30.3 Å². The number of hydrogen-bond donors (Lipinski definition) is 2. The van der Waals surface area contributed by atoms with Crippen molar-refractivity contribution in [1.29, 1.82) is 0 Å². The monoisotopic (exact) mass is 280 g/mol. The van der Waals surface area contributed by atoms with Gasteiger partial charge in [-0.15, -0.1) is 0 Å². The van der Waals surface area contributed by atoms with Crippen molar-refractivity contribution in [2.45, 2.75) is 30.0 Å². The lowest BCUT2D eigenvalue weighted by molar-refractivity contribution is -0.181. The van der Waals surface area contributed by atoms with Crippen LogP contribution in [0.4, 0.5) is 0 Å². The second-order valence-electron chi connectivity index (χ2n) is 5.18. The highest BCUT2D eigenvalue weighted by molar-refractivity contribution is 5.89. The zero-order valence-electron chi connectivity index (χ0n) is 11.0. The normalized spacial score (nSPS) is 38.4. The van der Waals surface area contributed by atoms with Crippen LogP contribution >= 0.6 is 0 Å². The van der Waals surface area contributed by atoms with Crippen LogP contribution in [-0.4, -0.2) is 53.5 Å². The molecular weight excluding hydrogens is 264 g/mol. The average Bonchev–Trinajstić information content (AvgIpc) is 2.96. The van der Waals surface area contributed by atoms with Gasteiger partial charge in [-0.25, -0.2) is 4.79 Å². The van der Waals surface area contributed by atoms with Crippen molar-refractivity contribution in [3.05, 3.63) is 35.9 Å². The summed E-state index contributed by atoms with van der Waals surface area (Å²) in [4.78, 5) is 11.8. The molecule has 0 amide bonds. The summed E-state index contributed by atoms with van der Waals surface area (Å²) in [5.41, 5.74) is -2.37. The summed E-state index contributed by atoms with van der Waals surface area (Å²) in [7, 11) is 1.39. The third kappa shape index (κ3) is 1.84. The summed E-state index contributed by atoms with van der Waals surface area (Å²) in [5.74, 6) is -0.497. The SMILES string of the molecule is CO[C@@H]1O[C@H](COC(=O)c2ccccc2)[C@]2(O)C[C@]12O. The van der Waals surface area contributed by atoms with Crippen molar-refractivity contribution in [1.82, 2.24) is 0 Å². The molecule has 1 aromatic rings. The average molecular weight is 280 g/mol. The standard InChI is InChI=1S/C14H16O6/c1-18-12-14(17)8-13(14,16)10(20-12)7-19-11(15)9-5-3-2-4-6-9/h2-6,10,12,16-17H,7-8H2,1H3/t10-,12-,13-,14+/m1/s1. The Morgan fingerprint density at radius 1 is 1.35 bits per heavy atom. The van der Waals surface area contributed by atoms with Crippen LogP contribution in [0.2, 0.25) is 0 Å². The Morgan fingerprint density at radius 3 is 2.65 bits per heavy atom. The van der Waals surface area contributed by atoms with E-state index < -0.39 is 29.6 Å². The highest BCUT2D eigenvalue weighted by Crippen LogP contribution is 2.59. The van der Waals surface area contributed by atoms with Crippen LogP contribution < -0.4 is 0 Å². The molecule has 4 atom stereocenters. The first kappa shape index (κ1) is 13.5. The van der Waals surface area contributed by atoms with Crippen LogP contribution in [0.15, 0.2) is 30.3 Å². The van der Waals surface area contributed by atoms with Crippen molar-refractivity contribution >= 4 is 5.97 Å². The summed E-state index contributed by atoms with van der Waals surface area (Å²) < 4.78 is 15.5. The van der Waals surface area contributed by atoms with Gasteiger partial charge >= 0.3 is 5.97 Å². The Bertz CT molecular complexity index is 518. The molecule has 1 heterocycles. The first-order chi connectivity index (χ1) is 9.51. The molecular formula is C14H16O6. The van der Waals surface area contributed by atoms with Gasteiger partial charge in [0.05, 0.1) is 5.56 Å². The van der Waals surface area contributed by atoms with Crippen molar-refractivity contribution in [2.75, 3.05) is 13.7 Å². The van der Waals surface area contributed by atoms with E-state index in [0.717, 1.165) is 0 Å². The minimum absolute atomic E-state index is 0.133. The first-order valence-corrected chi connectivity index (χ1v) is 6.36. The molecule has 2 fully saturated rings. The van der Waals surface area contributed by atoms with Crippen molar-refractivity contribution < 1.29 is 29.2 Å². The molecule has 2 N–H and O–H groups in total. The molecule has 1 saturated carbocycles. The van der Waals surface area contributed by atoms with Gasteiger partial charge in [-0.2, -0.15) is 0 Å². The lowest BCUT2D eigenvalue weighted by Gasteiger charge is -2.18. The molecule has 1 aromatic carbocycles. The molecule has 0 bridgehead atoms. The molecule has 0 unspecified atom stereocenters. The zero-order valence-corrected chi connectivity index (χ0v) is 11.0. The van der Waals surface area contributed by atoms with E-state index in [1.807, 2.05) is 0 Å². The summed E-state index contributed by atoms with van der Waals surface area (Å²) in [5, 5.41) is 20.3. The Hall–Kier alpha value is -1.47. The highest BCUT2D eigenvalue weighted by atomic mass is 16.7. The fraction of sp³-hybridized carbons (Fsp3) is 0.500. The molecule has 0 aromatic heterocycles. The molecule has 108 valence electrons. The largest absolute Gasteiger partial charge is 0.459 e. The van der Waals surface area contributed by atoms with Gasteiger partial charge in [0.25, 0.3) is 0 Å². The molecule has 6 nitrogen and oxygen atoms in total. The van der Waals surface area contributed by atoms with Crippen LogP contribution in [0.1, 0.15) is 16.8 Å². The maximum absolute atomic E-state index is 11.8. The third-order valence-electron chi connectivity index (χ3n) is 3.96. The molecule has 0 spiro atoms. The van der Waals surface area contributed by atoms with Gasteiger partial charge in [0.1, 0.15) is 23.9 Å². The van der Waals surface area contributed by atoms with Crippen LogP contribution in [0.3, 0.4) is 0 Å². The van der Waals surface area contributed by atoms with Crippen LogP contribution in [0, 0.1) is 0 Å². The van der Waals surface area contributed by atoms with Crippen molar-refractivity contribution in [2.24, 2.45) is 0 Å². The van der Waals surface area contributed by atoms with Gasteiger partial charge in [0, 0.05) is 13.5 Å². The fourth-order valence-corrected chi connectivity index (χ4v) is 2.66. The predicted molar refractivity (Wildman–Crippen MR) is 66.9 cm³/mol. The quantitative estimate of drug-likeness (QED) is 0.760. The lowest BCUT2D eigenvalue weighted by Crippen LogP contribution is -2.35. The smallest absolute Gasteiger partial charge is 0.338 e. The Morgan fingerprint density at radius 2 is 2.05 bits per heavy atom. The second kappa shape index (κ2) is 4.53. The summed E-state index contributed by atoms with van der Waals surface area (Å²) in [6, 6.07) is 8.54. The second-order valence-corrected chi connectivity index (χ2v) is 5.18. The molecule has 3 rings (SSSR count). The molecule has 1 aliphatic heterocycles. The van der Waals surface area contributed by atoms with E-state index in [-0.39, 0.29) is 13.0 Å². The number of fused-ring (bicyclic) bond motifs is 1. The molecule has 6 heteroatoms. The van der Waals surface area contributed by atoms with E-state index in [2.05, 4.69) is 0 Å². The Kier molecular flexibility index (Phi) is 3.06. The molecule has 1 aliphatic carbocycles. The number of methoxy groups -OCH3 is 1. The Labute approximate surface area is 115 Å².